The number of ether oxygens (including phenoxy) is 1. The minimum atomic E-state index is 0.498. The Morgan fingerprint density at radius 2 is 2.00 bits per heavy atom. The highest BCUT2D eigenvalue weighted by molar-refractivity contribution is 5.80. The van der Waals surface area contributed by atoms with Gasteiger partial charge < -0.3 is 20.3 Å². The molecular formula is C19H32N4O. The molecule has 0 radical (unpaired) electrons. The molecule has 1 saturated heterocycles. The quantitative estimate of drug-likeness (QED) is 0.643. The number of likely N-dealkylation sites (tertiary alicyclic amines) is 1. The van der Waals surface area contributed by atoms with Crippen LogP contribution in [0.2, 0.25) is 0 Å². The van der Waals surface area contributed by atoms with Crippen LogP contribution in [-0.4, -0.2) is 50.2 Å². The predicted octanol–water partition coefficient (Wildman–Crippen LogP) is 2.54. The van der Waals surface area contributed by atoms with Gasteiger partial charge in [0, 0.05) is 38.8 Å². The summed E-state index contributed by atoms with van der Waals surface area (Å²) in [6, 6.07) is 7.41. The average molecular weight is 332 g/mol. The summed E-state index contributed by atoms with van der Waals surface area (Å²) >= 11 is 0. The van der Waals surface area contributed by atoms with Crippen LogP contribution < -0.4 is 15.4 Å². The number of nitrogens with zero attached hydrogens (tertiary/aromatic N) is 2. The lowest BCUT2D eigenvalue weighted by Gasteiger charge is -2.35. The van der Waals surface area contributed by atoms with Crippen LogP contribution in [0.25, 0.3) is 0 Å². The second-order valence-corrected chi connectivity index (χ2v) is 6.83. The van der Waals surface area contributed by atoms with E-state index in [0.717, 1.165) is 44.2 Å². The van der Waals surface area contributed by atoms with E-state index in [-0.39, 0.29) is 0 Å². The van der Waals surface area contributed by atoms with Gasteiger partial charge in [0.15, 0.2) is 5.96 Å². The summed E-state index contributed by atoms with van der Waals surface area (Å²) in [5.74, 6) is 1.77. The van der Waals surface area contributed by atoms with Gasteiger partial charge in [0.25, 0.3) is 0 Å². The van der Waals surface area contributed by atoms with E-state index in [1.807, 2.05) is 13.1 Å². The molecular weight excluding hydrogens is 300 g/mol. The normalized spacial score (nSPS) is 17.2. The molecule has 1 aliphatic rings. The first kappa shape index (κ1) is 18.6. The Hall–Kier alpha value is -1.75. The van der Waals surface area contributed by atoms with E-state index in [0.29, 0.717) is 12.1 Å². The van der Waals surface area contributed by atoms with Gasteiger partial charge in [-0.1, -0.05) is 6.07 Å². The summed E-state index contributed by atoms with van der Waals surface area (Å²) < 4.78 is 5.34. The number of benzene rings is 1. The van der Waals surface area contributed by atoms with Crippen LogP contribution in [0.4, 0.5) is 0 Å². The van der Waals surface area contributed by atoms with Crippen molar-refractivity contribution in [3.63, 3.8) is 0 Å². The lowest BCUT2D eigenvalue weighted by molar-refractivity contribution is 0.167. The molecule has 1 aromatic carbocycles. The summed E-state index contributed by atoms with van der Waals surface area (Å²) in [6.45, 7) is 9.67. The summed E-state index contributed by atoms with van der Waals surface area (Å²) in [5, 5.41) is 6.97. The van der Waals surface area contributed by atoms with E-state index in [9.17, 15) is 0 Å². The van der Waals surface area contributed by atoms with Gasteiger partial charge >= 0.3 is 0 Å². The minimum absolute atomic E-state index is 0.498. The zero-order valence-corrected chi connectivity index (χ0v) is 15.7. The van der Waals surface area contributed by atoms with Crippen LogP contribution in [0, 0.1) is 6.92 Å². The van der Waals surface area contributed by atoms with Gasteiger partial charge in [0.1, 0.15) is 5.75 Å². The van der Waals surface area contributed by atoms with Crippen molar-refractivity contribution in [2.75, 3.05) is 27.2 Å². The van der Waals surface area contributed by atoms with E-state index >= 15 is 0 Å². The van der Waals surface area contributed by atoms with Gasteiger partial charge in [-0.05, 0) is 56.9 Å². The maximum Gasteiger partial charge on any atom is 0.191 e. The van der Waals surface area contributed by atoms with Crippen molar-refractivity contribution in [1.29, 1.82) is 0 Å². The Morgan fingerprint density at radius 3 is 2.58 bits per heavy atom. The third kappa shape index (κ3) is 5.41. The van der Waals surface area contributed by atoms with E-state index in [1.165, 1.54) is 11.1 Å². The molecule has 1 heterocycles. The van der Waals surface area contributed by atoms with E-state index in [1.54, 1.807) is 7.11 Å². The summed E-state index contributed by atoms with van der Waals surface area (Å²) in [4.78, 5) is 6.90. The summed E-state index contributed by atoms with van der Waals surface area (Å²) in [5.41, 5.74) is 2.40. The van der Waals surface area contributed by atoms with Crippen molar-refractivity contribution in [1.82, 2.24) is 15.5 Å². The van der Waals surface area contributed by atoms with Crippen LogP contribution in [0.5, 0.6) is 5.75 Å². The van der Waals surface area contributed by atoms with Gasteiger partial charge in [-0.15, -0.1) is 0 Å². The van der Waals surface area contributed by atoms with Gasteiger partial charge in [-0.25, -0.2) is 0 Å². The van der Waals surface area contributed by atoms with Crippen molar-refractivity contribution >= 4 is 5.96 Å². The minimum Gasteiger partial charge on any atom is -0.497 e. The van der Waals surface area contributed by atoms with Gasteiger partial charge in [0.2, 0.25) is 0 Å². The molecule has 2 rings (SSSR count). The zero-order chi connectivity index (χ0) is 17.5. The van der Waals surface area contributed by atoms with Gasteiger partial charge in [0.05, 0.1) is 7.11 Å². The molecule has 1 aromatic rings. The van der Waals surface area contributed by atoms with Crippen molar-refractivity contribution in [2.45, 2.75) is 52.2 Å². The molecule has 0 atom stereocenters. The van der Waals surface area contributed by atoms with Crippen LogP contribution in [0.3, 0.4) is 0 Å². The second-order valence-electron chi connectivity index (χ2n) is 6.83. The van der Waals surface area contributed by atoms with Crippen LogP contribution in [-0.2, 0) is 6.54 Å². The smallest absolute Gasteiger partial charge is 0.191 e. The number of guanidine groups is 1. The molecule has 24 heavy (non-hydrogen) atoms. The largest absolute Gasteiger partial charge is 0.497 e. The third-order valence-corrected chi connectivity index (χ3v) is 4.63. The van der Waals surface area contributed by atoms with Crippen LogP contribution in [0.1, 0.15) is 37.8 Å². The molecule has 5 nitrogen and oxygen atoms in total. The summed E-state index contributed by atoms with van der Waals surface area (Å²) in [7, 11) is 3.53. The first-order chi connectivity index (χ1) is 11.5. The fraction of sp³-hybridized carbons (Fsp3) is 0.632. The van der Waals surface area contributed by atoms with Crippen molar-refractivity contribution in [2.24, 2.45) is 4.99 Å². The molecule has 0 saturated carbocycles. The van der Waals surface area contributed by atoms with E-state index in [4.69, 9.17) is 4.74 Å². The maximum atomic E-state index is 5.34. The Labute approximate surface area is 146 Å². The predicted molar refractivity (Wildman–Crippen MR) is 101 cm³/mol. The molecule has 0 unspecified atom stereocenters. The molecule has 5 heteroatoms. The highest BCUT2D eigenvalue weighted by atomic mass is 16.5. The number of aliphatic imine (C=N–C) groups is 1. The molecule has 0 aliphatic carbocycles. The molecule has 1 fully saturated rings. The van der Waals surface area contributed by atoms with Crippen molar-refractivity contribution in [3.8, 4) is 5.75 Å². The van der Waals surface area contributed by atoms with Crippen molar-refractivity contribution in [3.05, 3.63) is 29.3 Å². The highest BCUT2D eigenvalue weighted by Gasteiger charge is 2.21. The first-order valence-electron chi connectivity index (χ1n) is 8.87. The van der Waals surface area contributed by atoms with Crippen LogP contribution in [0.15, 0.2) is 23.2 Å². The maximum absolute atomic E-state index is 5.34. The fourth-order valence-electron chi connectivity index (χ4n) is 3.18. The van der Waals surface area contributed by atoms with Crippen molar-refractivity contribution < 1.29 is 4.74 Å². The highest BCUT2D eigenvalue weighted by Crippen LogP contribution is 2.16. The lowest BCUT2D eigenvalue weighted by Crippen LogP contribution is -2.49. The summed E-state index contributed by atoms with van der Waals surface area (Å²) in [6.07, 6.45) is 2.33. The number of hydrogen-bond acceptors (Lipinski definition) is 3. The zero-order valence-electron chi connectivity index (χ0n) is 15.7. The lowest BCUT2D eigenvalue weighted by atomic mass is 10.0. The molecule has 134 valence electrons. The Bertz CT molecular complexity index is 548. The average Bonchev–Trinajstić information content (AvgIpc) is 2.58. The number of piperidine rings is 1. The van der Waals surface area contributed by atoms with Gasteiger partial charge in [-0.3, -0.25) is 4.99 Å². The number of nitrogens with one attached hydrogen (secondary N) is 2. The fourth-order valence-corrected chi connectivity index (χ4v) is 3.18. The molecule has 1 aliphatic heterocycles. The number of methoxy groups -OCH3 is 1. The topological polar surface area (TPSA) is 48.9 Å². The Kier molecular flexibility index (Phi) is 6.91. The standard InChI is InChI=1S/C19H32N4O/c1-14(2)23-8-6-17(7-9-23)22-19(20-4)21-13-16-10-15(3)11-18(12-16)24-5/h10-12,14,17H,6-9,13H2,1-5H3,(H2,20,21,22). The Morgan fingerprint density at radius 1 is 1.29 bits per heavy atom. The number of hydrogen-bond donors (Lipinski definition) is 2. The van der Waals surface area contributed by atoms with E-state index in [2.05, 4.69) is 53.4 Å². The molecule has 0 aromatic heterocycles. The van der Waals surface area contributed by atoms with Crippen LogP contribution >= 0.6 is 0 Å². The Balaban J connectivity index is 1.84. The second kappa shape index (κ2) is 8.92. The third-order valence-electron chi connectivity index (χ3n) is 4.63. The SMILES string of the molecule is CN=C(NCc1cc(C)cc(OC)c1)NC1CCN(C(C)C)CC1. The first-order valence-corrected chi connectivity index (χ1v) is 8.87. The molecule has 0 amide bonds. The molecule has 0 spiro atoms. The van der Waals surface area contributed by atoms with E-state index < -0.39 is 0 Å². The monoisotopic (exact) mass is 332 g/mol. The number of rotatable bonds is 5. The van der Waals surface area contributed by atoms with Gasteiger partial charge in [-0.2, -0.15) is 0 Å². The number of aryl methyl sites for hydroxylation is 1. The molecule has 2 N–H and O–H groups in total. The molecule has 0 bridgehead atoms.